The fraction of sp³-hybridized carbons (Fsp3) is 0.0968. The van der Waals surface area contributed by atoms with Crippen molar-refractivity contribution >= 4 is 38.5 Å². The van der Waals surface area contributed by atoms with Crippen molar-refractivity contribution in [2.75, 3.05) is 4.90 Å². The Hall–Kier alpha value is -4.16. The summed E-state index contributed by atoms with van der Waals surface area (Å²) in [6.45, 7) is 2.38. The summed E-state index contributed by atoms with van der Waals surface area (Å²) in [7, 11) is 0. The Morgan fingerprint density at radius 3 is 2.43 bits per heavy atom. The van der Waals surface area contributed by atoms with E-state index in [1.165, 1.54) is 0 Å². The molecule has 0 N–H and O–H groups in total. The molecule has 6 heteroatoms. The molecular weight excluding hydrogens is 530 g/mol. The summed E-state index contributed by atoms with van der Waals surface area (Å²) >= 11 is 3.50. The van der Waals surface area contributed by atoms with E-state index >= 15 is 0 Å². The van der Waals surface area contributed by atoms with E-state index in [-0.39, 0.29) is 17.1 Å². The number of fused-ring (bicyclic) bond motifs is 2. The predicted octanol–water partition coefficient (Wildman–Crippen LogP) is 7.19. The third kappa shape index (κ3) is 4.23. The number of hydrogen-bond donors (Lipinski definition) is 0. The fourth-order valence-corrected chi connectivity index (χ4v) is 5.17. The van der Waals surface area contributed by atoms with Crippen molar-refractivity contribution in [2.24, 2.45) is 0 Å². The zero-order valence-electron chi connectivity index (χ0n) is 20.0. The molecule has 0 saturated heterocycles. The number of aryl methyl sites for hydroxylation is 1. The SMILES string of the molecule is Cc1ccc2oc3c(c(=O)c2c1)C(c1ccc(OCc2ccccc2)cc1)N(c1cccc(Br)c1)C3=O. The summed E-state index contributed by atoms with van der Waals surface area (Å²) in [5, 5.41) is 0.468. The Kier molecular flexibility index (Phi) is 5.89. The van der Waals surface area contributed by atoms with Gasteiger partial charge in [0.05, 0.1) is 17.0 Å². The minimum Gasteiger partial charge on any atom is -0.489 e. The molecule has 1 aliphatic heterocycles. The number of carbonyl (C=O) groups excluding carboxylic acids is 1. The maximum atomic E-state index is 13.8. The predicted molar refractivity (Wildman–Crippen MR) is 147 cm³/mol. The van der Waals surface area contributed by atoms with E-state index < -0.39 is 6.04 Å². The van der Waals surface area contributed by atoms with Crippen LogP contribution in [-0.2, 0) is 6.61 Å². The molecule has 5 aromatic rings. The normalized spacial score (nSPS) is 14.7. The minimum absolute atomic E-state index is 0.0794. The third-order valence-corrected chi connectivity index (χ3v) is 7.05. The lowest BCUT2D eigenvalue weighted by Crippen LogP contribution is -2.29. The first kappa shape index (κ1) is 23.3. The molecule has 0 radical (unpaired) electrons. The summed E-state index contributed by atoms with van der Waals surface area (Å²) in [4.78, 5) is 29.2. The molecule has 5 nitrogen and oxygen atoms in total. The van der Waals surface area contributed by atoms with Crippen molar-refractivity contribution in [2.45, 2.75) is 19.6 Å². The second-order valence-corrected chi connectivity index (χ2v) is 9.99. The Labute approximate surface area is 222 Å². The summed E-state index contributed by atoms with van der Waals surface area (Å²) in [6, 6.07) is 29.7. The number of rotatable bonds is 5. The van der Waals surface area contributed by atoms with Gasteiger partial charge in [0.25, 0.3) is 5.91 Å². The van der Waals surface area contributed by atoms with Crippen molar-refractivity contribution in [3.63, 3.8) is 0 Å². The molecule has 1 aliphatic rings. The smallest absolute Gasteiger partial charge is 0.295 e. The molecular formula is C31H22BrNO4. The van der Waals surface area contributed by atoms with Crippen molar-refractivity contribution in [1.82, 2.24) is 0 Å². The van der Waals surface area contributed by atoms with Gasteiger partial charge in [-0.3, -0.25) is 14.5 Å². The summed E-state index contributed by atoms with van der Waals surface area (Å²) in [5.41, 5.74) is 4.04. The lowest BCUT2D eigenvalue weighted by atomic mass is 9.98. The van der Waals surface area contributed by atoms with Crippen LogP contribution in [0.2, 0.25) is 0 Å². The average molecular weight is 552 g/mol. The molecule has 0 spiro atoms. The van der Waals surface area contributed by atoms with E-state index in [2.05, 4.69) is 15.9 Å². The lowest BCUT2D eigenvalue weighted by Gasteiger charge is -2.25. The number of ether oxygens (including phenoxy) is 1. The first-order chi connectivity index (χ1) is 18.0. The van der Waals surface area contributed by atoms with Crippen molar-refractivity contribution in [3.8, 4) is 5.75 Å². The van der Waals surface area contributed by atoms with Crippen LogP contribution in [0.15, 0.2) is 111 Å². The fourth-order valence-electron chi connectivity index (χ4n) is 4.78. The second kappa shape index (κ2) is 9.37. The Morgan fingerprint density at radius 2 is 1.68 bits per heavy atom. The molecule has 0 fully saturated rings. The van der Waals surface area contributed by atoms with Crippen LogP contribution in [0.3, 0.4) is 0 Å². The first-order valence-corrected chi connectivity index (χ1v) is 12.7. The number of anilines is 1. The van der Waals surface area contributed by atoms with E-state index in [9.17, 15) is 9.59 Å². The average Bonchev–Trinajstić information content (AvgIpc) is 3.21. The maximum Gasteiger partial charge on any atom is 0.295 e. The van der Waals surface area contributed by atoms with Gasteiger partial charge in [-0.15, -0.1) is 0 Å². The van der Waals surface area contributed by atoms with E-state index in [1.54, 1.807) is 11.0 Å². The van der Waals surface area contributed by atoms with Gasteiger partial charge >= 0.3 is 0 Å². The van der Waals surface area contributed by atoms with Crippen molar-refractivity contribution in [1.29, 1.82) is 0 Å². The lowest BCUT2D eigenvalue weighted by molar-refractivity contribution is 0.0971. The molecule has 37 heavy (non-hydrogen) atoms. The molecule has 4 aromatic carbocycles. The molecule has 1 amide bonds. The Bertz CT molecular complexity index is 1690. The molecule has 6 rings (SSSR count). The summed E-state index contributed by atoms with van der Waals surface area (Å²) in [6.07, 6.45) is 0. The van der Waals surface area contributed by atoms with Crippen LogP contribution in [0.1, 0.15) is 38.9 Å². The summed E-state index contributed by atoms with van der Waals surface area (Å²) in [5.74, 6) is 0.435. The Morgan fingerprint density at radius 1 is 0.892 bits per heavy atom. The van der Waals surface area contributed by atoms with E-state index in [0.29, 0.717) is 34.6 Å². The number of amides is 1. The molecule has 2 heterocycles. The number of benzene rings is 4. The van der Waals surface area contributed by atoms with Gasteiger partial charge in [0.2, 0.25) is 5.76 Å². The third-order valence-electron chi connectivity index (χ3n) is 6.56. The highest BCUT2D eigenvalue weighted by Gasteiger charge is 2.43. The van der Waals surface area contributed by atoms with Crippen LogP contribution in [0.5, 0.6) is 5.75 Å². The van der Waals surface area contributed by atoms with Crippen molar-refractivity contribution < 1.29 is 13.9 Å². The second-order valence-electron chi connectivity index (χ2n) is 9.07. The zero-order chi connectivity index (χ0) is 25.5. The van der Waals surface area contributed by atoms with Gasteiger partial charge < -0.3 is 9.15 Å². The highest BCUT2D eigenvalue weighted by atomic mass is 79.9. The van der Waals surface area contributed by atoms with Gasteiger partial charge in [0.15, 0.2) is 5.43 Å². The van der Waals surface area contributed by atoms with E-state index in [0.717, 1.165) is 21.2 Å². The standard InChI is InChI=1S/C31H22BrNO4/c1-19-10-15-26-25(16-19)29(34)27-28(33(31(35)30(27)37-26)23-9-5-8-22(32)17-23)21-11-13-24(14-12-21)36-18-20-6-3-2-4-7-20/h2-17,28H,18H2,1H3. The van der Waals surface area contributed by atoms with Gasteiger partial charge in [-0.25, -0.2) is 0 Å². The van der Waals surface area contributed by atoms with E-state index in [1.807, 2.05) is 97.9 Å². The van der Waals surface area contributed by atoms with Crippen LogP contribution in [0.4, 0.5) is 5.69 Å². The minimum atomic E-state index is -0.638. The van der Waals surface area contributed by atoms with E-state index in [4.69, 9.17) is 9.15 Å². The maximum absolute atomic E-state index is 13.8. The monoisotopic (exact) mass is 551 g/mol. The Balaban J connectivity index is 1.45. The van der Waals surface area contributed by atoms with Gasteiger partial charge in [0, 0.05) is 10.2 Å². The highest BCUT2D eigenvalue weighted by molar-refractivity contribution is 9.10. The highest BCUT2D eigenvalue weighted by Crippen LogP contribution is 2.42. The van der Waals surface area contributed by atoms with Gasteiger partial charge in [-0.1, -0.05) is 76.1 Å². The van der Waals surface area contributed by atoms with Gasteiger partial charge in [-0.2, -0.15) is 0 Å². The van der Waals surface area contributed by atoms with Gasteiger partial charge in [-0.05, 0) is 60.5 Å². The largest absolute Gasteiger partial charge is 0.489 e. The first-order valence-electron chi connectivity index (χ1n) is 11.9. The zero-order valence-corrected chi connectivity index (χ0v) is 21.6. The van der Waals surface area contributed by atoms with Crippen LogP contribution < -0.4 is 15.1 Å². The van der Waals surface area contributed by atoms with Crippen LogP contribution >= 0.6 is 15.9 Å². The quantitative estimate of drug-likeness (QED) is 0.232. The molecule has 0 aliphatic carbocycles. The number of hydrogen-bond acceptors (Lipinski definition) is 4. The van der Waals surface area contributed by atoms with Crippen LogP contribution in [0, 0.1) is 6.92 Å². The van der Waals surface area contributed by atoms with Gasteiger partial charge in [0.1, 0.15) is 17.9 Å². The molecule has 182 valence electrons. The number of carbonyl (C=O) groups is 1. The van der Waals surface area contributed by atoms with Crippen LogP contribution in [0.25, 0.3) is 11.0 Å². The molecule has 1 unspecified atom stereocenters. The topological polar surface area (TPSA) is 59.8 Å². The molecule has 1 atom stereocenters. The summed E-state index contributed by atoms with van der Waals surface area (Å²) < 4.78 is 12.9. The number of nitrogens with zero attached hydrogens (tertiary/aromatic N) is 1. The molecule has 0 saturated carbocycles. The number of halogens is 1. The molecule has 0 bridgehead atoms. The van der Waals surface area contributed by atoms with Crippen molar-refractivity contribution in [3.05, 3.63) is 140 Å². The van der Waals surface area contributed by atoms with Crippen LogP contribution in [-0.4, -0.2) is 5.91 Å². The molecule has 1 aromatic heterocycles.